The first-order valence-corrected chi connectivity index (χ1v) is 7.47. The second kappa shape index (κ2) is 8.42. The van der Waals surface area contributed by atoms with Crippen molar-refractivity contribution in [1.29, 1.82) is 0 Å². The Kier molecular flexibility index (Phi) is 7.56. The second-order valence-corrected chi connectivity index (χ2v) is 5.55. The normalized spacial score (nSPS) is 25.8. The monoisotopic (exact) mass is 274 g/mol. The highest BCUT2D eigenvalue weighted by Crippen LogP contribution is 2.53. The van der Waals surface area contributed by atoms with E-state index in [2.05, 4.69) is 0 Å². The average Bonchev–Trinajstić information content (AvgIpc) is 2.24. The molecule has 0 unspecified atom stereocenters. The van der Waals surface area contributed by atoms with Crippen molar-refractivity contribution in [1.82, 2.24) is 0 Å². The molecule has 1 fully saturated rings. The van der Waals surface area contributed by atoms with Crippen molar-refractivity contribution in [2.24, 2.45) is 0 Å². The summed E-state index contributed by atoms with van der Waals surface area (Å²) in [6.45, 7) is -0.711. The lowest BCUT2D eigenvalue weighted by Crippen LogP contribution is -2.14. The fourth-order valence-corrected chi connectivity index (χ4v) is 2.06. The zero-order valence-corrected chi connectivity index (χ0v) is 10.6. The van der Waals surface area contributed by atoms with Crippen molar-refractivity contribution >= 4 is 18.2 Å². The summed E-state index contributed by atoms with van der Waals surface area (Å²) in [4.78, 5) is 0. The zero-order valence-electron chi connectivity index (χ0n) is 8.93. The maximum Gasteiger partial charge on any atom is 0.424 e. The molecule has 1 aliphatic rings. The molecule has 96 valence electrons. The fourth-order valence-electron chi connectivity index (χ4n) is 0.990. The van der Waals surface area contributed by atoms with Gasteiger partial charge in [-0.1, -0.05) is 0 Å². The van der Waals surface area contributed by atoms with Crippen molar-refractivity contribution in [2.75, 3.05) is 52.9 Å². The maximum absolute atomic E-state index is 11.4. The first-order chi connectivity index (χ1) is 7.71. The van der Waals surface area contributed by atoms with Gasteiger partial charge in [0, 0.05) is 11.2 Å². The van der Waals surface area contributed by atoms with Crippen LogP contribution in [0.3, 0.4) is 0 Å². The van der Waals surface area contributed by atoms with Crippen molar-refractivity contribution in [3.63, 3.8) is 0 Å². The Hall–Kier alpha value is 0.320. The predicted molar refractivity (Wildman–Crippen MR) is 57.8 cm³/mol. The summed E-state index contributed by atoms with van der Waals surface area (Å²) >= 11 is 5.52. The van der Waals surface area contributed by atoms with Crippen LogP contribution in [-0.2, 0) is 27.8 Å². The molecule has 0 aromatic carbocycles. The van der Waals surface area contributed by atoms with Crippen molar-refractivity contribution < 1.29 is 27.8 Å². The van der Waals surface area contributed by atoms with Gasteiger partial charge >= 0.3 is 6.95 Å². The van der Waals surface area contributed by atoms with E-state index in [1.807, 2.05) is 0 Å². The molecule has 0 N–H and O–H groups in total. The Bertz CT molecular complexity index is 209. The molecule has 0 aromatic heterocycles. The average molecular weight is 275 g/mol. The van der Waals surface area contributed by atoms with Gasteiger partial charge in [-0.15, -0.1) is 0 Å². The summed E-state index contributed by atoms with van der Waals surface area (Å²) in [5.74, 6) is 0. The molecular formula is C8H16ClO6P. The molecule has 0 aromatic rings. The van der Waals surface area contributed by atoms with Crippen LogP contribution in [0, 0.1) is 0 Å². The molecule has 8 heteroatoms. The van der Waals surface area contributed by atoms with E-state index in [0.29, 0.717) is 39.6 Å². The van der Waals surface area contributed by atoms with Crippen molar-refractivity contribution in [2.45, 2.75) is 0 Å². The number of hydrogen-bond acceptors (Lipinski definition) is 6. The Morgan fingerprint density at radius 3 is 1.38 bits per heavy atom. The zero-order chi connectivity index (χ0) is 11.7. The van der Waals surface area contributed by atoms with Gasteiger partial charge in [-0.2, -0.15) is 0 Å². The minimum Gasteiger partial charge on any atom is -0.377 e. The molecular weight excluding hydrogens is 259 g/mol. The van der Waals surface area contributed by atoms with E-state index in [1.165, 1.54) is 0 Å². The molecule has 6 nitrogen and oxygen atoms in total. The summed E-state index contributed by atoms with van der Waals surface area (Å²) in [6, 6.07) is 0. The molecule has 1 rings (SSSR count). The van der Waals surface area contributed by atoms with Crippen LogP contribution in [0.2, 0.25) is 0 Å². The van der Waals surface area contributed by atoms with Gasteiger partial charge in [-0.3, -0.25) is 9.05 Å². The molecule has 0 bridgehead atoms. The van der Waals surface area contributed by atoms with E-state index in [1.54, 1.807) is 0 Å². The molecule has 1 saturated heterocycles. The van der Waals surface area contributed by atoms with Gasteiger partial charge in [0.1, 0.15) is 0 Å². The molecule has 0 aliphatic carbocycles. The summed E-state index contributed by atoms with van der Waals surface area (Å²) < 4.78 is 36.6. The fraction of sp³-hybridized carbons (Fsp3) is 1.00. The van der Waals surface area contributed by atoms with Gasteiger partial charge in [-0.25, -0.2) is 4.57 Å². The van der Waals surface area contributed by atoms with Crippen LogP contribution in [0.1, 0.15) is 0 Å². The minimum absolute atomic E-state index is 0.127. The van der Waals surface area contributed by atoms with Gasteiger partial charge in [-0.05, 0) is 0 Å². The number of halogens is 1. The standard InChI is InChI=1S/C8H16ClO6P/c9-16(10)14-7-5-12-3-1-11-2-4-13-6-8-15-16/h1-8H2. The topological polar surface area (TPSA) is 63.2 Å². The molecule has 16 heavy (non-hydrogen) atoms. The summed E-state index contributed by atoms with van der Waals surface area (Å²) in [5.41, 5.74) is 0. The van der Waals surface area contributed by atoms with Crippen LogP contribution >= 0.6 is 18.2 Å². The SMILES string of the molecule is O=P1(Cl)OCCOCCOCCOCCO1. The lowest BCUT2D eigenvalue weighted by molar-refractivity contribution is -0.00158. The molecule has 0 atom stereocenters. The molecule has 1 heterocycles. The van der Waals surface area contributed by atoms with Crippen molar-refractivity contribution in [3.05, 3.63) is 0 Å². The van der Waals surface area contributed by atoms with E-state index in [0.717, 1.165) is 0 Å². The van der Waals surface area contributed by atoms with E-state index in [9.17, 15) is 4.57 Å². The van der Waals surface area contributed by atoms with Crippen LogP contribution in [-0.4, -0.2) is 52.9 Å². The minimum atomic E-state index is -3.48. The maximum atomic E-state index is 11.4. The highest BCUT2D eigenvalue weighted by atomic mass is 35.7. The molecule has 1 aliphatic heterocycles. The van der Waals surface area contributed by atoms with Crippen LogP contribution in [0.5, 0.6) is 0 Å². The van der Waals surface area contributed by atoms with Gasteiger partial charge < -0.3 is 14.2 Å². The van der Waals surface area contributed by atoms with Crippen LogP contribution in [0.15, 0.2) is 0 Å². The van der Waals surface area contributed by atoms with E-state index >= 15 is 0 Å². The van der Waals surface area contributed by atoms with Crippen LogP contribution < -0.4 is 0 Å². The Labute approximate surface area is 99.4 Å². The third kappa shape index (κ3) is 7.57. The highest BCUT2D eigenvalue weighted by Gasteiger charge is 2.20. The number of rotatable bonds is 0. The summed E-state index contributed by atoms with van der Waals surface area (Å²) in [6.07, 6.45) is 0. The van der Waals surface area contributed by atoms with Gasteiger partial charge in [0.15, 0.2) is 0 Å². The molecule has 0 spiro atoms. The smallest absolute Gasteiger partial charge is 0.377 e. The van der Waals surface area contributed by atoms with Crippen molar-refractivity contribution in [3.8, 4) is 0 Å². The van der Waals surface area contributed by atoms with E-state index in [-0.39, 0.29) is 13.2 Å². The number of ether oxygens (including phenoxy) is 3. The quantitative estimate of drug-likeness (QED) is 0.623. The second-order valence-electron chi connectivity index (χ2n) is 2.93. The van der Waals surface area contributed by atoms with Gasteiger partial charge in [0.2, 0.25) is 0 Å². The molecule has 0 saturated carbocycles. The largest absolute Gasteiger partial charge is 0.424 e. The lowest BCUT2D eigenvalue weighted by atomic mass is 10.7. The Balaban J connectivity index is 2.25. The Morgan fingerprint density at radius 1 is 0.688 bits per heavy atom. The third-order valence-electron chi connectivity index (χ3n) is 1.69. The highest BCUT2D eigenvalue weighted by molar-refractivity contribution is 7.81. The lowest BCUT2D eigenvalue weighted by Gasteiger charge is -2.13. The first kappa shape index (κ1) is 14.4. The third-order valence-corrected chi connectivity index (χ3v) is 3.26. The van der Waals surface area contributed by atoms with Crippen LogP contribution in [0.4, 0.5) is 0 Å². The number of hydrogen-bond donors (Lipinski definition) is 0. The summed E-state index contributed by atoms with van der Waals surface area (Å²) in [7, 11) is 0. The Morgan fingerprint density at radius 2 is 1.00 bits per heavy atom. The molecule has 0 radical (unpaired) electrons. The summed E-state index contributed by atoms with van der Waals surface area (Å²) in [5, 5.41) is 0. The first-order valence-electron chi connectivity index (χ1n) is 5.03. The van der Waals surface area contributed by atoms with E-state index < -0.39 is 6.95 Å². The van der Waals surface area contributed by atoms with E-state index in [4.69, 9.17) is 34.5 Å². The van der Waals surface area contributed by atoms with Gasteiger partial charge in [0.05, 0.1) is 52.9 Å². The molecule has 0 amide bonds. The van der Waals surface area contributed by atoms with Gasteiger partial charge in [0.25, 0.3) is 0 Å². The predicted octanol–water partition coefficient (Wildman–Crippen LogP) is 1.43. The van der Waals surface area contributed by atoms with Crippen LogP contribution in [0.25, 0.3) is 0 Å².